The second-order valence-electron chi connectivity index (χ2n) is 3.32. The molecule has 1 atom stereocenters. The molecule has 13 heavy (non-hydrogen) atoms. The maximum absolute atomic E-state index is 4.46. The first-order chi connectivity index (χ1) is 6.31. The van der Waals surface area contributed by atoms with Gasteiger partial charge in [-0.25, -0.2) is 9.97 Å². The van der Waals surface area contributed by atoms with Crippen molar-refractivity contribution in [3.05, 3.63) is 24.2 Å². The van der Waals surface area contributed by atoms with Crippen LogP contribution in [0.1, 0.15) is 31.9 Å². The lowest BCUT2D eigenvalue weighted by atomic mass is 10.0. The summed E-state index contributed by atoms with van der Waals surface area (Å²) >= 11 is 0. The molecule has 0 radical (unpaired) electrons. The van der Waals surface area contributed by atoms with Crippen LogP contribution >= 0.6 is 0 Å². The fraction of sp³-hybridized carbons (Fsp3) is 0.400. The van der Waals surface area contributed by atoms with Gasteiger partial charge in [0.1, 0.15) is 0 Å². The van der Waals surface area contributed by atoms with E-state index in [4.69, 9.17) is 0 Å². The van der Waals surface area contributed by atoms with Gasteiger partial charge in [-0.2, -0.15) is 0 Å². The minimum absolute atomic E-state index is 0.515. The van der Waals surface area contributed by atoms with E-state index in [1.807, 2.05) is 6.07 Å². The topological polar surface area (TPSA) is 41.6 Å². The lowest BCUT2D eigenvalue weighted by Gasteiger charge is -2.06. The van der Waals surface area contributed by atoms with Gasteiger partial charge >= 0.3 is 0 Å². The van der Waals surface area contributed by atoms with E-state index in [9.17, 15) is 0 Å². The Balaban J connectivity index is 2.48. The van der Waals surface area contributed by atoms with Crippen LogP contribution in [0.25, 0.3) is 11.2 Å². The minimum atomic E-state index is 0.515. The van der Waals surface area contributed by atoms with Crippen molar-refractivity contribution in [2.75, 3.05) is 0 Å². The van der Waals surface area contributed by atoms with Gasteiger partial charge in [-0.1, -0.05) is 13.8 Å². The number of nitrogens with one attached hydrogen (secondary N) is 1. The summed E-state index contributed by atoms with van der Waals surface area (Å²) in [7, 11) is 0. The van der Waals surface area contributed by atoms with Crippen LogP contribution in [0.15, 0.2) is 18.5 Å². The van der Waals surface area contributed by atoms with Crippen molar-refractivity contribution in [3.63, 3.8) is 0 Å². The molecule has 1 N–H and O–H groups in total. The van der Waals surface area contributed by atoms with E-state index < -0.39 is 0 Å². The summed E-state index contributed by atoms with van der Waals surface area (Å²) in [5.74, 6) is 0.515. The zero-order valence-corrected chi connectivity index (χ0v) is 7.91. The van der Waals surface area contributed by atoms with E-state index in [0.717, 1.165) is 23.3 Å². The largest absolute Gasteiger partial charge is 0.343 e. The smallest absolute Gasteiger partial charge is 0.177 e. The highest BCUT2D eigenvalue weighted by molar-refractivity contribution is 5.69. The first-order valence-electron chi connectivity index (χ1n) is 4.61. The molecule has 1 unspecified atom stereocenters. The molecule has 0 spiro atoms. The highest BCUT2D eigenvalue weighted by Gasteiger charge is 2.05. The van der Waals surface area contributed by atoms with Crippen molar-refractivity contribution < 1.29 is 0 Å². The normalized spacial score (nSPS) is 13.4. The molecule has 2 aromatic rings. The highest BCUT2D eigenvalue weighted by Crippen LogP contribution is 2.18. The van der Waals surface area contributed by atoms with Gasteiger partial charge in [-0.05, 0) is 24.5 Å². The molecule has 3 heteroatoms. The predicted molar refractivity (Wildman–Crippen MR) is 52.6 cm³/mol. The van der Waals surface area contributed by atoms with Crippen LogP contribution in [0, 0.1) is 0 Å². The van der Waals surface area contributed by atoms with Gasteiger partial charge in [0.15, 0.2) is 5.65 Å². The Morgan fingerprint density at radius 2 is 2.31 bits per heavy atom. The Morgan fingerprint density at radius 3 is 3.08 bits per heavy atom. The summed E-state index contributed by atoms with van der Waals surface area (Å²) in [5.41, 5.74) is 2.95. The lowest BCUT2D eigenvalue weighted by molar-refractivity contribution is 0.711. The zero-order valence-electron chi connectivity index (χ0n) is 7.91. The van der Waals surface area contributed by atoms with Crippen molar-refractivity contribution in [1.82, 2.24) is 15.0 Å². The molecule has 3 nitrogen and oxygen atoms in total. The number of aromatic nitrogens is 3. The van der Waals surface area contributed by atoms with Crippen molar-refractivity contribution in [2.45, 2.75) is 26.2 Å². The molecule has 0 amide bonds. The molecule has 2 rings (SSSR count). The number of pyridine rings is 1. The summed E-state index contributed by atoms with van der Waals surface area (Å²) < 4.78 is 0. The second-order valence-corrected chi connectivity index (χ2v) is 3.32. The van der Waals surface area contributed by atoms with Gasteiger partial charge in [-0.15, -0.1) is 0 Å². The molecule has 0 aromatic carbocycles. The highest BCUT2D eigenvalue weighted by atomic mass is 15.0. The Bertz CT molecular complexity index is 405. The average molecular weight is 175 g/mol. The first kappa shape index (κ1) is 8.23. The Labute approximate surface area is 77.2 Å². The van der Waals surface area contributed by atoms with Gasteiger partial charge in [-0.3, -0.25) is 0 Å². The quantitative estimate of drug-likeness (QED) is 0.761. The van der Waals surface area contributed by atoms with E-state index in [0.29, 0.717) is 5.92 Å². The Kier molecular flexibility index (Phi) is 2.00. The molecule has 0 aliphatic rings. The molecule has 0 saturated heterocycles. The van der Waals surface area contributed by atoms with Gasteiger partial charge in [0.25, 0.3) is 0 Å². The minimum Gasteiger partial charge on any atom is -0.343 e. The lowest BCUT2D eigenvalue weighted by Crippen LogP contribution is -1.95. The molecule has 2 aromatic heterocycles. The maximum atomic E-state index is 4.46. The number of imidazole rings is 1. The third-order valence-corrected chi connectivity index (χ3v) is 2.42. The van der Waals surface area contributed by atoms with Crippen LogP contribution < -0.4 is 0 Å². The van der Waals surface area contributed by atoms with Crippen LogP contribution in [0.2, 0.25) is 0 Å². The Hall–Kier alpha value is -1.38. The molecule has 68 valence electrons. The fourth-order valence-corrected chi connectivity index (χ4v) is 1.32. The number of nitrogens with zero attached hydrogens (tertiary/aromatic N) is 2. The predicted octanol–water partition coefficient (Wildman–Crippen LogP) is 2.47. The molecule has 0 fully saturated rings. The number of hydrogen-bond acceptors (Lipinski definition) is 2. The number of rotatable bonds is 2. The SMILES string of the molecule is CCC(C)c1ccc2[nH]cnc2n1. The van der Waals surface area contributed by atoms with Gasteiger partial charge in [0, 0.05) is 5.69 Å². The van der Waals surface area contributed by atoms with E-state index in [1.165, 1.54) is 0 Å². The second kappa shape index (κ2) is 3.17. The number of hydrogen-bond donors (Lipinski definition) is 1. The summed E-state index contributed by atoms with van der Waals surface area (Å²) in [6.07, 6.45) is 2.79. The molecular formula is C10H13N3. The summed E-state index contributed by atoms with van der Waals surface area (Å²) in [4.78, 5) is 11.6. The molecule has 0 saturated carbocycles. The van der Waals surface area contributed by atoms with Crippen LogP contribution in [-0.4, -0.2) is 15.0 Å². The molecule has 0 aliphatic carbocycles. The van der Waals surface area contributed by atoms with E-state index >= 15 is 0 Å². The van der Waals surface area contributed by atoms with Gasteiger partial charge in [0.05, 0.1) is 11.8 Å². The van der Waals surface area contributed by atoms with Crippen LogP contribution in [0.4, 0.5) is 0 Å². The molecule has 0 bridgehead atoms. The van der Waals surface area contributed by atoms with Gasteiger partial charge in [0.2, 0.25) is 0 Å². The molecule has 2 heterocycles. The Morgan fingerprint density at radius 1 is 1.46 bits per heavy atom. The average Bonchev–Trinajstić information content (AvgIpc) is 2.63. The van der Waals surface area contributed by atoms with Crippen LogP contribution in [0.3, 0.4) is 0 Å². The van der Waals surface area contributed by atoms with Crippen molar-refractivity contribution in [3.8, 4) is 0 Å². The number of H-pyrrole nitrogens is 1. The van der Waals surface area contributed by atoms with E-state index in [2.05, 4.69) is 34.9 Å². The monoisotopic (exact) mass is 175 g/mol. The van der Waals surface area contributed by atoms with E-state index in [-0.39, 0.29) is 0 Å². The zero-order chi connectivity index (χ0) is 9.26. The summed E-state index contributed by atoms with van der Waals surface area (Å²) in [6, 6.07) is 4.10. The maximum Gasteiger partial charge on any atom is 0.177 e. The fourth-order valence-electron chi connectivity index (χ4n) is 1.32. The summed E-state index contributed by atoms with van der Waals surface area (Å²) in [5, 5.41) is 0. The first-order valence-corrected chi connectivity index (χ1v) is 4.61. The third kappa shape index (κ3) is 1.41. The molecular weight excluding hydrogens is 162 g/mol. The van der Waals surface area contributed by atoms with E-state index in [1.54, 1.807) is 6.33 Å². The van der Waals surface area contributed by atoms with Crippen molar-refractivity contribution in [1.29, 1.82) is 0 Å². The van der Waals surface area contributed by atoms with Crippen LogP contribution in [-0.2, 0) is 0 Å². The standard InChI is InChI=1S/C10H13N3/c1-3-7(2)8-4-5-9-10(13-8)12-6-11-9/h4-7H,3H2,1-2H3,(H,11,12,13). The molecule has 0 aliphatic heterocycles. The number of fused-ring (bicyclic) bond motifs is 1. The van der Waals surface area contributed by atoms with Gasteiger partial charge < -0.3 is 4.98 Å². The van der Waals surface area contributed by atoms with Crippen LogP contribution in [0.5, 0.6) is 0 Å². The van der Waals surface area contributed by atoms with Crippen molar-refractivity contribution >= 4 is 11.2 Å². The summed E-state index contributed by atoms with van der Waals surface area (Å²) in [6.45, 7) is 4.35. The third-order valence-electron chi connectivity index (χ3n) is 2.42. The number of aromatic amines is 1. The van der Waals surface area contributed by atoms with Crippen molar-refractivity contribution in [2.24, 2.45) is 0 Å².